The first kappa shape index (κ1) is 21.7. The van der Waals surface area contributed by atoms with Gasteiger partial charge in [-0.1, -0.05) is 59.6 Å². The van der Waals surface area contributed by atoms with Gasteiger partial charge in [0.15, 0.2) is 0 Å². The van der Waals surface area contributed by atoms with Crippen molar-refractivity contribution in [3.63, 3.8) is 0 Å². The molecule has 3 aromatic carbocycles. The first-order valence-electron chi connectivity index (χ1n) is 9.32. The number of ether oxygens (including phenoxy) is 1. The van der Waals surface area contributed by atoms with E-state index >= 15 is 0 Å². The molecule has 152 valence electrons. The number of nitriles is 1. The number of allylic oxidation sites excluding steroid dienone is 1. The molecular formula is C24H20Cl2N2O2. The van der Waals surface area contributed by atoms with Crippen molar-refractivity contribution in [2.24, 2.45) is 0 Å². The summed E-state index contributed by atoms with van der Waals surface area (Å²) < 4.78 is 5.65. The van der Waals surface area contributed by atoms with Crippen molar-refractivity contribution < 1.29 is 9.84 Å². The number of hydrogen-bond donors (Lipinski definition) is 2. The molecule has 0 aliphatic rings. The van der Waals surface area contributed by atoms with Crippen LogP contribution in [0.3, 0.4) is 0 Å². The van der Waals surface area contributed by atoms with E-state index in [-0.39, 0.29) is 6.61 Å². The zero-order valence-corrected chi connectivity index (χ0v) is 17.6. The van der Waals surface area contributed by atoms with E-state index in [0.717, 1.165) is 11.3 Å². The van der Waals surface area contributed by atoms with E-state index in [1.807, 2.05) is 42.5 Å². The van der Waals surface area contributed by atoms with Crippen molar-refractivity contribution >= 4 is 40.5 Å². The van der Waals surface area contributed by atoms with Gasteiger partial charge < -0.3 is 15.2 Å². The third-order valence-electron chi connectivity index (χ3n) is 4.30. The molecule has 1 unspecified atom stereocenters. The maximum absolute atomic E-state index is 10.1. The smallest absolute Gasteiger partial charge is 0.119 e. The highest BCUT2D eigenvalue weighted by Gasteiger charge is 2.07. The Balaban J connectivity index is 1.56. The summed E-state index contributed by atoms with van der Waals surface area (Å²) in [4.78, 5) is 0. The zero-order chi connectivity index (χ0) is 21.3. The van der Waals surface area contributed by atoms with Gasteiger partial charge in [-0.25, -0.2) is 0 Å². The Labute approximate surface area is 186 Å². The Morgan fingerprint density at radius 3 is 2.43 bits per heavy atom. The molecule has 0 aliphatic carbocycles. The fraction of sp³-hybridized carbons (Fsp3) is 0.125. The average molecular weight is 439 g/mol. The first-order chi connectivity index (χ1) is 14.5. The van der Waals surface area contributed by atoms with E-state index in [1.165, 1.54) is 0 Å². The van der Waals surface area contributed by atoms with Crippen LogP contribution < -0.4 is 10.1 Å². The molecule has 0 radical (unpaired) electrons. The number of nitrogens with one attached hydrogen (secondary N) is 1. The van der Waals surface area contributed by atoms with Crippen LogP contribution in [0.1, 0.15) is 11.1 Å². The number of para-hydroxylation sites is 1. The lowest BCUT2D eigenvalue weighted by molar-refractivity contribution is 0.117. The minimum absolute atomic E-state index is 0.168. The second-order valence-electron chi connectivity index (χ2n) is 6.58. The lowest BCUT2D eigenvalue weighted by Gasteiger charge is -2.14. The molecule has 0 bridgehead atoms. The highest BCUT2D eigenvalue weighted by molar-refractivity contribution is 6.42. The van der Waals surface area contributed by atoms with Crippen molar-refractivity contribution in [2.75, 3.05) is 18.5 Å². The van der Waals surface area contributed by atoms with Gasteiger partial charge in [0.25, 0.3) is 0 Å². The molecule has 1 atom stereocenters. The maximum Gasteiger partial charge on any atom is 0.119 e. The highest BCUT2D eigenvalue weighted by Crippen LogP contribution is 2.27. The van der Waals surface area contributed by atoms with E-state index in [0.29, 0.717) is 33.5 Å². The average Bonchev–Trinajstić information content (AvgIpc) is 2.78. The van der Waals surface area contributed by atoms with Gasteiger partial charge in [-0.05, 0) is 53.6 Å². The zero-order valence-electron chi connectivity index (χ0n) is 16.1. The van der Waals surface area contributed by atoms with Crippen LogP contribution in [0.5, 0.6) is 5.75 Å². The number of aliphatic hydroxyl groups is 1. The fourth-order valence-electron chi connectivity index (χ4n) is 2.71. The number of aliphatic hydroxyl groups excluding tert-OH is 1. The molecule has 30 heavy (non-hydrogen) atoms. The van der Waals surface area contributed by atoms with Crippen LogP contribution in [-0.4, -0.2) is 24.4 Å². The molecule has 0 aromatic heterocycles. The molecule has 0 fully saturated rings. The number of rotatable bonds is 8. The predicted molar refractivity (Wildman–Crippen MR) is 123 cm³/mol. The second kappa shape index (κ2) is 10.7. The van der Waals surface area contributed by atoms with E-state index in [9.17, 15) is 10.4 Å². The molecule has 3 aromatic rings. The third-order valence-corrected chi connectivity index (χ3v) is 5.04. The largest absolute Gasteiger partial charge is 0.491 e. The molecule has 3 rings (SSSR count). The standard InChI is InChI=1S/C24H20Cl2N2O2/c25-23-11-8-18(13-24(23)26)19(14-27)12-17-6-9-22(10-7-17)30-16-21(29)15-28-20-4-2-1-3-5-20/h1-13,21,28-29H,15-16H2/b19-12+. The third kappa shape index (κ3) is 6.27. The molecule has 0 saturated carbocycles. The van der Waals surface area contributed by atoms with Gasteiger partial charge in [-0.2, -0.15) is 5.26 Å². The molecule has 4 nitrogen and oxygen atoms in total. The Morgan fingerprint density at radius 2 is 1.77 bits per heavy atom. The molecule has 0 amide bonds. The Morgan fingerprint density at radius 1 is 1.03 bits per heavy atom. The quantitative estimate of drug-likeness (QED) is 0.338. The van der Waals surface area contributed by atoms with Crippen molar-refractivity contribution in [3.8, 4) is 11.8 Å². The molecule has 0 heterocycles. The lowest BCUT2D eigenvalue weighted by atomic mass is 10.0. The van der Waals surface area contributed by atoms with Crippen molar-refractivity contribution in [3.05, 3.63) is 94.0 Å². The minimum Gasteiger partial charge on any atom is -0.491 e. The van der Waals surface area contributed by atoms with Gasteiger partial charge >= 0.3 is 0 Å². The van der Waals surface area contributed by atoms with E-state index in [2.05, 4.69) is 11.4 Å². The Hall–Kier alpha value is -2.97. The molecule has 0 saturated heterocycles. The summed E-state index contributed by atoms with van der Waals surface area (Å²) in [6.07, 6.45) is 1.12. The topological polar surface area (TPSA) is 65.3 Å². The minimum atomic E-state index is -0.648. The Kier molecular flexibility index (Phi) is 7.75. The summed E-state index contributed by atoms with van der Waals surface area (Å²) in [5.41, 5.74) is 2.96. The number of halogens is 2. The molecule has 2 N–H and O–H groups in total. The summed E-state index contributed by atoms with van der Waals surface area (Å²) in [7, 11) is 0. The van der Waals surface area contributed by atoms with Crippen LogP contribution in [0.25, 0.3) is 11.6 Å². The van der Waals surface area contributed by atoms with Gasteiger partial charge in [0.05, 0.1) is 21.7 Å². The lowest BCUT2D eigenvalue weighted by Crippen LogP contribution is -2.26. The molecular weight excluding hydrogens is 419 g/mol. The summed E-state index contributed by atoms with van der Waals surface area (Å²) in [6, 6.07) is 24.2. The van der Waals surface area contributed by atoms with Gasteiger partial charge in [0.2, 0.25) is 0 Å². The van der Waals surface area contributed by atoms with Crippen LogP contribution in [0.4, 0.5) is 5.69 Å². The van der Waals surface area contributed by atoms with Crippen LogP contribution in [-0.2, 0) is 0 Å². The summed E-state index contributed by atoms with van der Waals surface area (Å²) in [5.74, 6) is 0.638. The SMILES string of the molecule is N#C/C(=C\c1ccc(OCC(O)CNc2ccccc2)cc1)c1ccc(Cl)c(Cl)c1. The maximum atomic E-state index is 10.1. The van der Waals surface area contributed by atoms with E-state index in [1.54, 1.807) is 36.4 Å². The summed E-state index contributed by atoms with van der Waals surface area (Å²) >= 11 is 12.0. The van der Waals surface area contributed by atoms with Crippen molar-refractivity contribution in [1.29, 1.82) is 5.26 Å². The molecule has 0 spiro atoms. The van der Waals surface area contributed by atoms with Crippen LogP contribution >= 0.6 is 23.2 Å². The van der Waals surface area contributed by atoms with Crippen molar-refractivity contribution in [1.82, 2.24) is 0 Å². The molecule has 6 heteroatoms. The van der Waals surface area contributed by atoms with Crippen LogP contribution in [0.2, 0.25) is 10.0 Å². The van der Waals surface area contributed by atoms with Crippen LogP contribution in [0.15, 0.2) is 72.8 Å². The van der Waals surface area contributed by atoms with Crippen molar-refractivity contribution in [2.45, 2.75) is 6.10 Å². The first-order valence-corrected chi connectivity index (χ1v) is 10.1. The highest BCUT2D eigenvalue weighted by atomic mass is 35.5. The monoisotopic (exact) mass is 438 g/mol. The number of benzene rings is 3. The van der Waals surface area contributed by atoms with Gasteiger partial charge in [-0.3, -0.25) is 0 Å². The summed E-state index contributed by atoms with van der Waals surface area (Å²) in [5, 5.41) is 23.6. The van der Waals surface area contributed by atoms with Gasteiger partial charge in [-0.15, -0.1) is 0 Å². The van der Waals surface area contributed by atoms with Gasteiger partial charge in [0, 0.05) is 12.2 Å². The van der Waals surface area contributed by atoms with Gasteiger partial charge in [0.1, 0.15) is 18.5 Å². The normalized spacial score (nSPS) is 12.1. The number of hydrogen-bond acceptors (Lipinski definition) is 4. The fourth-order valence-corrected chi connectivity index (χ4v) is 3.01. The summed E-state index contributed by atoms with van der Waals surface area (Å²) in [6.45, 7) is 0.557. The molecule has 0 aliphatic heterocycles. The number of nitrogens with zero attached hydrogens (tertiary/aromatic N) is 1. The van der Waals surface area contributed by atoms with Crippen LogP contribution in [0, 0.1) is 11.3 Å². The Bertz CT molecular complexity index is 1050. The van der Waals surface area contributed by atoms with E-state index in [4.69, 9.17) is 27.9 Å². The van der Waals surface area contributed by atoms with E-state index < -0.39 is 6.10 Å². The second-order valence-corrected chi connectivity index (χ2v) is 7.39. The predicted octanol–water partition coefficient (Wildman–Crippen LogP) is 5.91. The number of anilines is 1.